The van der Waals surface area contributed by atoms with Crippen LogP contribution in [0, 0.1) is 5.41 Å². The van der Waals surface area contributed by atoms with Crippen LogP contribution in [0.3, 0.4) is 0 Å². The lowest BCUT2D eigenvalue weighted by molar-refractivity contribution is -0.131. The average molecular weight is 483 g/mol. The first-order valence-corrected chi connectivity index (χ1v) is 11.8. The lowest BCUT2D eigenvalue weighted by atomic mass is 9.78. The largest absolute Gasteiger partial charge is 0.497 e. The Kier molecular flexibility index (Phi) is 7.52. The highest BCUT2D eigenvalue weighted by Gasteiger charge is 2.42. The zero-order valence-corrected chi connectivity index (χ0v) is 20.1. The van der Waals surface area contributed by atoms with Crippen LogP contribution < -0.4 is 15.4 Å². The van der Waals surface area contributed by atoms with Crippen LogP contribution in [0.5, 0.6) is 5.75 Å². The maximum atomic E-state index is 12.7. The number of carbonyl (C=O) groups excluding carboxylic acids is 2. The summed E-state index contributed by atoms with van der Waals surface area (Å²) in [5.74, 6) is 1.01. The minimum absolute atomic E-state index is 0.00191. The van der Waals surface area contributed by atoms with E-state index in [2.05, 4.69) is 15.5 Å². The lowest BCUT2D eigenvalue weighted by Crippen LogP contribution is -2.46. The number of hydrogen-bond acceptors (Lipinski definition) is 5. The van der Waals surface area contributed by atoms with Crippen LogP contribution in [0.25, 0.3) is 6.08 Å². The molecule has 4 rings (SSSR count). The van der Waals surface area contributed by atoms with Crippen molar-refractivity contribution in [2.45, 2.75) is 19.3 Å². The third kappa shape index (κ3) is 5.96. The van der Waals surface area contributed by atoms with Crippen LogP contribution in [0.2, 0.25) is 0 Å². The summed E-state index contributed by atoms with van der Waals surface area (Å²) in [5, 5.41) is 6.67. The van der Waals surface area contributed by atoms with Crippen LogP contribution in [-0.2, 0) is 9.59 Å². The van der Waals surface area contributed by atoms with E-state index in [0.29, 0.717) is 10.9 Å². The van der Waals surface area contributed by atoms with Crippen LogP contribution >= 0.6 is 12.2 Å². The van der Waals surface area contributed by atoms with Gasteiger partial charge in [-0.2, -0.15) is 0 Å². The molecule has 0 radical (unpaired) electrons. The molecule has 2 aliphatic rings. The average Bonchev–Trinajstić information content (AvgIpc) is 3.52. The lowest BCUT2D eigenvalue weighted by Gasteiger charge is -2.40. The van der Waals surface area contributed by atoms with Crippen molar-refractivity contribution in [3.63, 3.8) is 0 Å². The van der Waals surface area contributed by atoms with E-state index in [4.69, 9.17) is 21.4 Å². The van der Waals surface area contributed by atoms with Crippen molar-refractivity contribution in [1.29, 1.82) is 0 Å². The van der Waals surface area contributed by atoms with Gasteiger partial charge in [-0.3, -0.25) is 9.59 Å². The Morgan fingerprint density at radius 1 is 1.15 bits per heavy atom. The quantitative estimate of drug-likeness (QED) is 0.483. The van der Waals surface area contributed by atoms with Gasteiger partial charge in [0.2, 0.25) is 11.8 Å². The second-order valence-corrected chi connectivity index (χ2v) is 9.17. The fourth-order valence-corrected chi connectivity index (χ4v) is 4.82. The number of methoxy groups -OCH3 is 1. The van der Waals surface area contributed by atoms with E-state index in [9.17, 15) is 9.59 Å². The smallest absolute Gasteiger partial charge is 0.244 e. The Balaban J connectivity index is 1.21. The fourth-order valence-electron chi connectivity index (χ4n) is 4.52. The number of furan rings is 1. The molecule has 0 unspecified atom stereocenters. The minimum atomic E-state index is -0.316. The molecule has 2 aliphatic heterocycles. The van der Waals surface area contributed by atoms with Crippen molar-refractivity contribution < 1.29 is 18.7 Å². The first kappa shape index (κ1) is 23.8. The molecule has 9 heteroatoms. The van der Waals surface area contributed by atoms with Gasteiger partial charge in [-0.1, -0.05) is 6.07 Å². The van der Waals surface area contributed by atoms with Gasteiger partial charge < -0.3 is 29.6 Å². The molecular formula is C25H30N4O4S. The molecular weight excluding hydrogens is 452 g/mol. The second kappa shape index (κ2) is 10.7. The molecule has 2 fully saturated rings. The van der Waals surface area contributed by atoms with E-state index in [-0.39, 0.29) is 23.8 Å². The van der Waals surface area contributed by atoms with E-state index in [1.54, 1.807) is 31.6 Å². The molecule has 2 aromatic rings. The normalized spacial score (nSPS) is 17.2. The van der Waals surface area contributed by atoms with E-state index >= 15 is 0 Å². The van der Waals surface area contributed by atoms with Crippen molar-refractivity contribution in [3.8, 4) is 5.75 Å². The SMILES string of the molecule is COc1cccc(NC(=S)N2CCC3(CCN(C(=O)CNC(=O)C=Cc4ccco4)C3)CC2)c1. The molecule has 0 bridgehead atoms. The number of piperidine rings is 1. The number of benzene rings is 1. The van der Waals surface area contributed by atoms with E-state index in [1.807, 2.05) is 29.2 Å². The Morgan fingerprint density at radius 3 is 2.62 bits per heavy atom. The first-order valence-electron chi connectivity index (χ1n) is 11.4. The molecule has 0 aliphatic carbocycles. The van der Waals surface area contributed by atoms with Gasteiger partial charge in [0.15, 0.2) is 5.11 Å². The molecule has 1 aromatic carbocycles. The standard InChI is InChI=1S/C25H30N4O4S/c1-32-21-5-2-4-19(16-21)27-24(34)28-12-9-25(10-13-28)11-14-29(18-25)23(31)17-26-22(30)8-7-20-6-3-15-33-20/h2-8,15-16H,9-14,17-18H2,1H3,(H,26,30)(H,27,34). The Morgan fingerprint density at radius 2 is 1.91 bits per heavy atom. The summed E-state index contributed by atoms with van der Waals surface area (Å²) in [6.45, 7) is 3.16. The molecule has 2 saturated heterocycles. The van der Waals surface area contributed by atoms with Gasteiger partial charge >= 0.3 is 0 Å². The summed E-state index contributed by atoms with van der Waals surface area (Å²) in [5.41, 5.74) is 1.03. The zero-order valence-electron chi connectivity index (χ0n) is 19.3. The molecule has 0 atom stereocenters. The van der Waals surface area contributed by atoms with Crippen LogP contribution in [0.1, 0.15) is 25.0 Å². The molecule has 3 heterocycles. The van der Waals surface area contributed by atoms with Crippen LogP contribution in [-0.4, -0.2) is 66.6 Å². The number of nitrogens with one attached hydrogen (secondary N) is 2. The summed E-state index contributed by atoms with van der Waals surface area (Å²) in [6.07, 6.45) is 7.43. The fraction of sp³-hybridized carbons (Fsp3) is 0.400. The van der Waals surface area contributed by atoms with Crippen molar-refractivity contribution >= 4 is 40.9 Å². The number of likely N-dealkylation sites (tertiary alicyclic amines) is 2. The second-order valence-electron chi connectivity index (χ2n) is 8.78. The maximum Gasteiger partial charge on any atom is 0.244 e. The Labute approximate surface area is 204 Å². The monoisotopic (exact) mass is 482 g/mol. The van der Waals surface area contributed by atoms with Crippen LogP contribution in [0.4, 0.5) is 5.69 Å². The number of hydrogen-bond donors (Lipinski definition) is 2. The molecule has 2 N–H and O–H groups in total. The van der Waals surface area contributed by atoms with Gasteiger partial charge in [-0.25, -0.2) is 0 Å². The van der Waals surface area contributed by atoms with E-state index in [1.165, 1.54) is 6.08 Å². The van der Waals surface area contributed by atoms with Crippen molar-refractivity contribution in [2.24, 2.45) is 5.41 Å². The minimum Gasteiger partial charge on any atom is -0.497 e. The number of ether oxygens (including phenoxy) is 1. The number of rotatable bonds is 6. The topological polar surface area (TPSA) is 87.0 Å². The van der Waals surface area contributed by atoms with Gasteiger partial charge in [0.05, 0.1) is 19.9 Å². The molecule has 180 valence electrons. The van der Waals surface area contributed by atoms with Crippen molar-refractivity contribution in [3.05, 3.63) is 54.5 Å². The number of nitrogens with zero attached hydrogens (tertiary/aromatic N) is 2. The van der Waals surface area contributed by atoms with Gasteiger partial charge in [-0.15, -0.1) is 0 Å². The third-order valence-corrected chi connectivity index (χ3v) is 6.94. The maximum absolute atomic E-state index is 12.7. The summed E-state index contributed by atoms with van der Waals surface area (Å²) in [6, 6.07) is 11.2. The van der Waals surface area contributed by atoms with E-state index < -0.39 is 0 Å². The van der Waals surface area contributed by atoms with E-state index in [0.717, 1.165) is 56.9 Å². The number of amides is 2. The summed E-state index contributed by atoms with van der Waals surface area (Å²) < 4.78 is 10.4. The third-order valence-electron chi connectivity index (χ3n) is 6.58. The predicted molar refractivity (Wildman–Crippen MR) is 134 cm³/mol. The number of carbonyl (C=O) groups is 2. The van der Waals surface area contributed by atoms with Gasteiger partial charge in [0.1, 0.15) is 11.5 Å². The molecule has 0 saturated carbocycles. The van der Waals surface area contributed by atoms with Crippen LogP contribution in [0.15, 0.2) is 53.2 Å². The molecule has 1 aromatic heterocycles. The van der Waals surface area contributed by atoms with Crippen molar-refractivity contribution in [2.75, 3.05) is 45.2 Å². The van der Waals surface area contributed by atoms with Crippen molar-refractivity contribution in [1.82, 2.24) is 15.1 Å². The molecule has 1 spiro atoms. The number of thiocarbonyl (C=S) groups is 1. The number of anilines is 1. The molecule has 2 amide bonds. The summed E-state index contributed by atoms with van der Waals surface area (Å²) in [4.78, 5) is 28.7. The molecule has 8 nitrogen and oxygen atoms in total. The summed E-state index contributed by atoms with van der Waals surface area (Å²) >= 11 is 5.63. The summed E-state index contributed by atoms with van der Waals surface area (Å²) in [7, 11) is 1.64. The highest BCUT2D eigenvalue weighted by molar-refractivity contribution is 7.80. The Bertz CT molecular complexity index is 1040. The molecule has 34 heavy (non-hydrogen) atoms. The first-order chi connectivity index (χ1) is 16.5. The highest BCUT2D eigenvalue weighted by atomic mass is 32.1. The highest BCUT2D eigenvalue weighted by Crippen LogP contribution is 2.40. The van der Waals surface area contributed by atoms with Gasteiger partial charge in [0, 0.05) is 44.0 Å². The van der Waals surface area contributed by atoms with Gasteiger partial charge in [0.25, 0.3) is 0 Å². The van der Waals surface area contributed by atoms with Gasteiger partial charge in [-0.05, 0) is 67.2 Å². The zero-order chi connectivity index (χ0) is 24.0. The Hall–Kier alpha value is -3.33. The predicted octanol–water partition coefficient (Wildman–Crippen LogP) is 3.13.